The summed E-state index contributed by atoms with van der Waals surface area (Å²) in [6, 6.07) is 2.03. The van der Waals surface area contributed by atoms with Gasteiger partial charge in [0.15, 0.2) is 11.6 Å². The first kappa shape index (κ1) is 17.6. The summed E-state index contributed by atoms with van der Waals surface area (Å²) in [4.78, 5) is 23.4. The van der Waals surface area contributed by atoms with Gasteiger partial charge in [0.1, 0.15) is 12.6 Å². The van der Waals surface area contributed by atoms with E-state index >= 15 is 0 Å². The van der Waals surface area contributed by atoms with E-state index in [1.165, 1.54) is 24.5 Å². The van der Waals surface area contributed by atoms with Gasteiger partial charge < -0.3 is 15.2 Å². The van der Waals surface area contributed by atoms with Crippen LogP contribution in [0.15, 0.2) is 30.9 Å². The third kappa shape index (κ3) is 4.54. The summed E-state index contributed by atoms with van der Waals surface area (Å²) in [5.41, 5.74) is 1.37. The summed E-state index contributed by atoms with van der Waals surface area (Å²) in [5.74, 6) is -2.52. The monoisotopic (exact) mass is 312 g/mol. The highest BCUT2D eigenvalue weighted by atomic mass is 19.1. The number of hydrogen-bond acceptors (Lipinski definition) is 5. The van der Waals surface area contributed by atoms with Crippen molar-refractivity contribution < 1.29 is 29.0 Å². The Bertz CT molecular complexity index is 562. The Morgan fingerprint density at radius 1 is 1.50 bits per heavy atom. The average Bonchev–Trinajstić information content (AvgIpc) is 2.50. The van der Waals surface area contributed by atoms with Crippen molar-refractivity contribution in [3.8, 4) is 5.75 Å². The highest BCUT2D eigenvalue weighted by Crippen LogP contribution is 2.19. The van der Waals surface area contributed by atoms with Crippen molar-refractivity contribution in [1.82, 2.24) is 10.8 Å². The molecule has 0 aliphatic rings. The second kappa shape index (κ2) is 8.11. The summed E-state index contributed by atoms with van der Waals surface area (Å²) in [5, 5.41) is 20.2. The number of carbonyl (C=O) groups is 2. The number of amides is 2. The molecule has 4 N–H and O–H groups in total. The molecule has 0 saturated heterocycles. The van der Waals surface area contributed by atoms with Crippen LogP contribution in [0.4, 0.5) is 4.39 Å². The van der Waals surface area contributed by atoms with Crippen LogP contribution in [0.3, 0.4) is 0 Å². The largest absolute Gasteiger partial charge is 0.486 e. The Kier molecular flexibility index (Phi) is 6.48. The molecule has 0 bridgehead atoms. The Morgan fingerprint density at radius 2 is 2.18 bits per heavy atom. The number of nitrogens with one attached hydrogen (secondary N) is 2. The molecule has 7 nitrogen and oxygen atoms in total. The van der Waals surface area contributed by atoms with Crippen LogP contribution >= 0.6 is 0 Å². The molecule has 2 amide bonds. The molecule has 120 valence electrons. The van der Waals surface area contributed by atoms with Crippen LogP contribution in [-0.2, 0) is 4.79 Å². The lowest BCUT2D eigenvalue weighted by Crippen LogP contribution is -2.51. The fourth-order valence-corrected chi connectivity index (χ4v) is 1.60. The zero-order valence-electron chi connectivity index (χ0n) is 11.9. The number of ether oxygens (including phenoxy) is 1. The minimum absolute atomic E-state index is 0.0249. The average molecular weight is 312 g/mol. The molecule has 0 radical (unpaired) electrons. The van der Waals surface area contributed by atoms with Crippen molar-refractivity contribution in [2.45, 2.75) is 19.1 Å². The van der Waals surface area contributed by atoms with Gasteiger partial charge in [0.05, 0.1) is 6.10 Å². The molecule has 1 aromatic carbocycles. The summed E-state index contributed by atoms with van der Waals surface area (Å²) in [6.07, 6.45) is 0.175. The number of aliphatic hydroxyl groups is 1. The van der Waals surface area contributed by atoms with Crippen molar-refractivity contribution in [2.24, 2.45) is 0 Å². The first-order valence-electron chi connectivity index (χ1n) is 6.36. The number of hydrogen-bond donors (Lipinski definition) is 4. The molecule has 0 fully saturated rings. The number of rotatable bonds is 7. The highest BCUT2D eigenvalue weighted by molar-refractivity contribution is 5.97. The molecule has 0 heterocycles. The topological polar surface area (TPSA) is 108 Å². The molecule has 1 rings (SSSR count). The van der Waals surface area contributed by atoms with E-state index in [0.717, 1.165) is 12.1 Å². The van der Waals surface area contributed by atoms with E-state index < -0.39 is 29.8 Å². The second-order valence-corrected chi connectivity index (χ2v) is 4.41. The number of aliphatic hydroxyl groups excluding tert-OH is 1. The Labute approximate surface area is 126 Å². The van der Waals surface area contributed by atoms with Gasteiger partial charge in [0.25, 0.3) is 11.8 Å². The summed E-state index contributed by atoms with van der Waals surface area (Å²) < 4.78 is 18.6. The first-order chi connectivity index (χ1) is 10.4. The van der Waals surface area contributed by atoms with Crippen LogP contribution < -0.4 is 15.5 Å². The smallest absolute Gasteiger partial charge is 0.268 e. The standard InChI is InChI=1S/C14H17FN2O5/c1-3-6-22-11-7-9(4-5-10(11)15)13(19)16-12(8(2)18)14(20)17-21/h3-5,7-8,12,18,21H,1,6H2,2H3,(H,16,19)(H,17,20). The predicted octanol–water partition coefficient (Wildman–Crippen LogP) is 0.375. The number of benzene rings is 1. The SMILES string of the molecule is C=CCOc1cc(C(=O)NC(C(=O)NO)C(C)O)ccc1F. The predicted molar refractivity (Wildman–Crippen MR) is 75.0 cm³/mol. The second-order valence-electron chi connectivity index (χ2n) is 4.41. The number of hydroxylamine groups is 1. The number of halogens is 1. The Hall–Kier alpha value is -2.45. The maximum atomic E-state index is 13.5. The summed E-state index contributed by atoms with van der Waals surface area (Å²) in [6.45, 7) is 4.76. The minimum Gasteiger partial charge on any atom is -0.486 e. The van der Waals surface area contributed by atoms with E-state index in [-0.39, 0.29) is 17.9 Å². The molecule has 0 saturated carbocycles. The zero-order valence-corrected chi connectivity index (χ0v) is 11.9. The van der Waals surface area contributed by atoms with E-state index in [9.17, 15) is 19.1 Å². The van der Waals surface area contributed by atoms with E-state index in [0.29, 0.717) is 0 Å². The van der Waals surface area contributed by atoms with Crippen LogP contribution in [-0.4, -0.2) is 40.9 Å². The van der Waals surface area contributed by atoms with Crippen LogP contribution in [0.5, 0.6) is 5.75 Å². The van der Waals surface area contributed by atoms with Crippen molar-refractivity contribution in [2.75, 3.05) is 6.61 Å². The van der Waals surface area contributed by atoms with Gasteiger partial charge in [-0.2, -0.15) is 0 Å². The molecule has 2 unspecified atom stereocenters. The van der Waals surface area contributed by atoms with Gasteiger partial charge in [0.2, 0.25) is 0 Å². The fraction of sp³-hybridized carbons (Fsp3) is 0.286. The quantitative estimate of drug-likeness (QED) is 0.331. The normalized spacial score (nSPS) is 12.9. The molecule has 2 atom stereocenters. The fourth-order valence-electron chi connectivity index (χ4n) is 1.60. The molecule has 1 aromatic rings. The minimum atomic E-state index is -1.36. The maximum absolute atomic E-state index is 13.5. The summed E-state index contributed by atoms with van der Waals surface area (Å²) in [7, 11) is 0. The van der Waals surface area contributed by atoms with Crippen LogP contribution in [0.2, 0.25) is 0 Å². The first-order valence-corrected chi connectivity index (χ1v) is 6.36. The van der Waals surface area contributed by atoms with E-state index in [4.69, 9.17) is 9.94 Å². The third-order valence-corrected chi connectivity index (χ3v) is 2.71. The van der Waals surface area contributed by atoms with Gasteiger partial charge in [0, 0.05) is 5.56 Å². The third-order valence-electron chi connectivity index (χ3n) is 2.71. The van der Waals surface area contributed by atoms with Crippen molar-refractivity contribution in [3.63, 3.8) is 0 Å². The molecular formula is C14H17FN2O5. The Balaban J connectivity index is 2.92. The molecule has 0 aliphatic heterocycles. The van der Waals surface area contributed by atoms with Crippen molar-refractivity contribution >= 4 is 11.8 Å². The number of carbonyl (C=O) groups excluding carboxylic acids is 2. The molecule has 22 heavy (non-hydrogen) atoms. The zero-order chi connectivity index (χ0) is 16.7. The Morgan fingerprint density at radius 3 is 2.73 bits per heavy atom. The highest BCUT2D eigenvalue weighted by Gasteiger charge is 2.26. The molecule has 8 heteroatoms. The van der Waals surface area contributed by atoms with Gasteiger partial charge in [-0.3, -0.25) is 14.8 Å². The summed E-state index contributed by atoms with van der Waals surface area (Å²) >= 11 is 0. The van der Waals surface area contributed by atoms with Gasteiger partial charge >= 0.3 is 0 Å². The van der Waals surface area contributed by atoms with E-state index in [1.54, 1.807) is 0 Å². The van der Waals surface area contributed by atoms with Crippen molar-refractivity contribution in [1.29, 1.82) is 0 Å². The van der Waals surface area contributed by atoms with Crippen LogP contribution in [0, 0.1) is 5.82 Å². The van der Waals surface area contributed by atoms with Crippen LogP contribution in [0.1, 0.15) is 17.3 Å². The lowest BCUT2D eigenvalue weighted by molar-refractivity contribution is -0.133. The maximum Gasteiger partial charge on any atom is 0.268 e. The lowest BCUT2D eigenvalue weighted by atomic mass is 10.1. The van der Waals surface area contributed by atoms with E-state index in [2.05, 4.69) is 11.9 Å². The van der Waals surface area contributed by atoms with Gasteiger partial charge in [-0.1, -0.05) is 12.7 Å². The van der Waals surface area contributed by atoms with Gasteiger partial charge in [-0.25, -0.2) is 9.87 Å². The molecule has 0 aliphatic carbocycles. The van der Waals surface area contributed by atoms with E-state index in [1.807, 2.05) is 0 Å². The lowest BCUT2D eigenvalue weighted by Gasteiger charge is -2.19. The molecular weight excluding hydrogens is 295 g/mol. The molecule has 0 spiro atoms. The van der Waals surface area contributed by atoms with Gasteiger partial charge in [-0.15, -0.1) is 0 Å². The molecule has 0 aromatic heterocycles. The van der Waals surface area contributed by atoms with Gasteiger partial charge in [-0.05, 0) is 25.1 Å². The van der Waals surface area contributed by atoms with Crippen LogP contribution in [0.25, 0.3) is 0 Å². The van der Waals surface area contributed by atoms with Crippen molar-refractivity contribution in [3.05, 3.63) is 42.2 Å².